The maximum Gasteiger partial charge on any atom is 0.203 e. The molecule has 0 heterocycles. The average molecular weight is 324 g/mol. The van der Waals surface area contributed by atoms with Crippen molar-refractivity contribution < 1.29 is 4.79 Å². The number of Topliss-reactive ketones (excluding diaryl/α,β-unsaturated/α-hetero) is 1. The normalized spacial score (nSPS) is 11.9. The van der Waals surface area contributed by atoms with Gasteiger partial charge in [0, 0.05) is 10.6 Å². The number of carbonyl (C=O) groups is 1. The van der Waals surface area contributed by atoms with E-state index in [1.54, 1.807) is 30.3 Å². The number of nitriles is 1. The number of ketones is 1. The molecular formula is C20H18ClNO. The molecule has 0 radical (unpaired) electrons. The fraction of sp³-hybridized carbons (Fsp3) is 0.200. The maximum atomic E-state index is 12.5. The van der Waals surface area contributed by atoms with Gasteiger partial charge in [0.1, 0.15) is 11.6 Å². The van der Waals surface area contributed by atoms with Crippen LogP contribution in [0.1, 0.15) is 42.3 Å². The minimum atomic E-state index is -0.298. The molecule has 0 amide bonds. The molecule has 0 unspecified atom stereocenters. The number of nitrogens with zero attached hydrogens (tertiary/aromatic N) is 1. The molecule has 0 saturated heterocycles. The standard InChI is InChI=1S/C20H18ClNO/c1-20(2,3)17-10-8-14(9-11-17)19(23)16(13-22)12-15-6-4-5-7-18(15)21/h4-12H,1-3H3. The molecule has 0 aliphatic rings. The molecule has 2 aromatic carbocycles. The summed E-state index contributed by atoms with van der Waals surface area (Å²) in [7, 11) is 0. The van der Waals surface area contributed by atoms with Crippen molar-refractivity contribution in [2.75, 3.05) is 0 Å². The molecule has 0 fully saturated rings. The van der Waals surface area contributed by atoms with Crippen molar-refractivity contribution in [1.29, 1.82) is 5.26 Å². The summed E-state index contributed by atoms with van der Waals surface area (Å²) in [6.07, 6.45) is 1.53. The fourth-order valence-electron chi connectivity index (χ4n) is 2.17. The molecule has 0 aliphatic carbocycles. The van der Waals surface area contributed by atoms with E-state index < -0.39 is 0 Å². The van der Waals surface area contributed by atoms with Crippen LogP contribution in [0.3, 0.4) is 0 Å². The lowest BCUT2D eigenvalue weighted by atomic mass is 9.86. The van der Waals surface area contributed by atoms with Gasteiger partial charge in [0.05, 0.1) is 0 Å². The molecule has 2 nitrogen and oxygen atoms in total. The smallest absolute Gasteiger partial charge is 0.203 e. The zero-order valence-electron chi connectivity index (χ0n) is 13.4. The van der Waals surface area contributed by atoms with Gasteiger partial charge >= 0.3 is 0 Å². The molecule has 0 N–H and O–H groups in total. The Morgan fingerprint density at radius 1 is 1.09 bits per heavy atom. The molecule has 116 valence electrons. The van der Waals surface area contributed by atoms with Crippen molar-refractivity contribution >= 4 is 23.5 Å². The summed E-state index contributed by atoms with van der Waals surface area (Å²) in [6.45, 7) is 6.34. The first-order chi connectivity index (χ1) is 10.8. The number of rotatable bonds is 3. The molecule has 23 heavy (non-hydrogen) atoms. The van der Waals surface area contributed by atoms with Gasteiger partial charge in [-0.25, -0.2) is 0 Å². The molecule has 0 bridgehead atoms. The van der Waals surface area contributed by atoms with Crippen molar-refractivity contribution in [1.82, 2.24) is 0 Å². The Kier molecular flexibility index (Phi) is 5.03. The average Bonchev–Trinajstić information content (AvgIpc) is 2.53. The summed E-state index contributed by atoms with van der Waals surface area (Å²) in [5, 5.41) is 9.82. The van der Waals surface area contributed by atoms with E-state index in [9.17, 15) is 10.1 Å². The summed E-state index contributed by atoms with van der Waals surface area (Å²) in [5.41, 5.74) is 2.39. The lowest BCUT2D eigenvalue weighted by Crippen LogP contribution is -2.11. The third kappa shape index (κ3) is 4.09. The Morgan fingerprint density at radius 2 is 1.70 bits per heavy atom. The Labute approximate surface area is 142 Å². The highest BCUT2D eigenvalue weighted by atomic mass is 35.5. The van der Waals surface area contributed by atoms with E-state index in [1.807, 2.05) is 24.3 Å². The quantitative estimate of drug-likeness (QED) is 0.429. The van der Waals surface area contributed by atoms with Crippen LogP contribution in [-0.2, 0) is 5.41 Å². The molecule has 0 atom stereocenters. The van der Waals surface area contributed by atoms with Crippen molar-refractivity contribution in [2.24, 2.45) is 0 Å². The Bertz CT molecular complexity index is 790. The Morgan fingerprint density at radius 3 is 2.22 bits per heavy atom. The van der Waals surface area contributed by atoms with Gasteiger partial charge in [0.15, 0.2) is 0 Å². The van der Waals surface area contributed by atoms with Crippen molar-refractivity contribution in [2.45, 2.75) is 26.2 Å². The summed E-state index contributed by atoms with van der Waals surface area (Å²) < 4.78 is 0. The first-order valence-corrected chi connectivity index (χ1v) is 7.72. The molecule has 2 rings (SSSR count). The fourth-order valence-corrected chi connectivity index (χ4v) is 2.36. The minimum Gasteiger partial charge on any atom is -0.288 e. The molecular weight excluding hydrogens is 306 g/mol. The van der Waals surface area contributed by atoms with Crippen LogP contribution in [0.15, 0.2) is 54.1 Å². The minimum absolute atomic E-state index is 0.0209. The lowest BCUT2D eigenvalue weighted by molar-refractivity contribution is 0.104. The van der Waals surface area contributed by atoms with E-state index in [0.29, 0.717) is 16.1 Å². The predicted molar refractivity (Wildman–Crippen MR) is 94.5 cm³/mol. The third-order valence-electron chi connectivity index (χ3n) is 3.58. The number of hydrogen-bond donors (Lipinski definition) is 0. The zero-order valence-corrected chi connectivity index (χ0v) is 14.2. The van der Waals surface area contributed by atoms with Gasteiger partial charge < -0.3 is 0 Å². The van der Waals surface area contributed by atoms with Crippen molar-refractivity contribution in [3.05, 3.63) is 75.8 Å². The molecule has 0 spiro atoms. The molecule has 2 aromatic rings. The van der Waals surface area contributed by atoms with Crippen molar-refractivity contribution in [3.63, 3.8) is 0 Å². The predicted octanol–water partition coefficient (Wildman–Crippen LogP) is 5.43. The second-order valence-electron chi connectivity index (χ2n) is 6.35. The maximum absolute atomic E-state index is 12.5. The molecule has 0 saturated carbocycles. The van der Waals surface area contributed by atoms with Crippen LogP contribution < -0.4 is 0 Å². The van der Waals surface area contributed by atoms with Gasteiger partial charge in [-0.1, -0.05) is 74.8 Å². The van der Waals surface area contributed by atoms with E-state index in [-0.39, 0.29) is 16.8 Å². The highest BCUT2D eigenvalue weighted by molar-refractivity contribution is 6.32. The van der Waals surface area contributed by atoms with Gasteiger partial charge in [0.2, 0.25) is 5.78 Å². The molecule has 0 aromatic heterocycles. The highest BCUT2D eigenvalue weighted by Crippen LogP contribution is 2.24. The Balaban J connectivity index is 2.35. The number of allylic oxidation sites excluding steroid dienone is 1. The van der Waals surface area contributed by atoms with Gasteiger partial charge in [0.25, 0.3) is 0 Å². The number of benzene rings is 2. The van der Waals surface area contributed by atoms with Gasteiger partial charge in [-0.2, -0.15) is 5.26 Å². The Hall–Kier alpha value is -2.37. The van der Waals surface area contributed by atoms with Gasteiger partial charge in [-0.15, -0.1) is 0 Å². The van der Waals surface area contributed by atoms with Crippen LogP contribution in [0.2, 0.25) is 5.02 Å². The summed E-state index contributed by atoms with van der Waals surface area (Å²) >= 11 is 6.08. The van der Waals surface area contributed by atoms with Gasteiger partial charge in [-0.05, 0) is 28.7 Å². The first kappa shape index (κ1) is 17.0. The number of hydrogen-bond acceptors (Lipinski definition) is 2. The SMILES string of the molecule is CC(C)(C)c1ccc(C(=O)C(C#N)=Cc2ccccc2Cl)cc1. The van der Waals surface area contributed by atoms with Crippen LogP contribution in [0.25, 0.3) is 6.08 Å². The molecule has 3 heteroatoms. The van der Waals surface area contributed by atoms with Crippen LogP contribution in [0.5, 0.6) is 0 Å². The van der Waals surface area contributed by atoms with Crippen LogP contribution in [0.4, 0.5) is 0 Å². The lowest BCUT2D eigenvalue weighted by Gasteiger charge is -2.18. The first-order valence-electron chi connectivity index (χ1n) is 7.34. The van der Waals surface area contributed by atoms with E-state index >= 15 is 0 Å². The van der Waals surface area contributed by atoms with Gasteiger partial charge in [-0.3, -0.25) is 4.79 Å². The number of carbonyl (C=O) groups excluding carboxylic acids is 1. The highest BCUT2D eigenvalue weighted by Gasteiger charge is 2.16. The van der Waals surface area contributed by atoms with E-state index in [2.05, 4.69) is 20.8 Å². The number of halogens is 1. The molecule has 0 aliphatic heterocycles. The van der Waals surface area contributed by atoms with Crippen LogP contribution in [-0.4, -0.2) is 5.78 Å². The van der Waals surface area contributed by atoms with Crippen molar-refractivity contribution in [3.8, 4) is 6.07 Å². The van der Waals surface area contributed by atoms with Crippen LogP contribution in [0, 0.1) is 11.3 Å². The monoisotopic (exact) mass is 323 g/mol. The van der Waals surface area contributed by atoms with E-state index in [4.69, 9.17) is 11.6 Å². The largest absolute Gasteiger partial charge is 0.288 e. The summed E-state index contributed by atoms with van der Waals surface area (Å²) in [5.74, 6) is -0.298. The zero-order chi connectivity index (χ0) is 17.0. The summed E-state index contributed by atoms with van der Waals surface area (Å²) in [4.78, 5) is 12.5. The van der Waals surface area contributed by atoms with E-state index in [0.717, 1.165) is 5.56 Å². The second-order valence-corrected chi connectivity index (χ2v) is 6.76. The topological polar surface area (TPSA) is 40.9 Å². The second kappa shape index (κ2) is 6.81. The van der Waals surface area contributed by atoms with E-state index in [1.165, 1.54) is 6.08 Å². The van der Waals surface area contributed by atoms with Crippen LogP contribution >= 0.6 is 11.6 Å². The summed E-state index contributed by atoms with van der Waals surface area (Å²) in [6, 6.07) is 16.5. The third-order valence-corrected chi connectivity index (χ3v) is 3.93.